The van der Waals surface area contributed by atoms with E-state index in [4.69, 9.17) is 0 Å². The summed E-state index contributed by atoms with van der Waals surface area (Å²) >= 11 is 0. The van der Waals surface area contributed by atoms with E-state index < -0.39 is 0 Å². The number of fused-ring (bicyclic) bond motifs is 1. The summed E-state index contributed by atoms with van der Waals surface area (Å²) < 4.78 is 0. The number of hydrogen-bond acceptors (Lipinski definition) is 0. The molecular formula is C20H22. The van der Waals surface area contributed by atoms with E-state index in [-0.39, 0.29) is 0 Å². The van der Waals surface area contributed by atoms with Gasteiger partial charge in [0.05, 0.1) is 0 Å². The standard InChI is InChI=1S/C20H22/c1-6-14-12-11-13-19-17(9-4)15(7-2)16(8-3)18(10-5)20(14)19/h7-9,11-13H,2-4,6,10H2,1,5H3. The van der Waals surface area contributed by atoms with E-state index in [1.165, 1.54) is 27.5 Å². The van der Waals surface area contributed by atoms with Crippen LogP contribution < -0.4 is 0 Å². The fourth-order valence-corrected chi connectivity index (χ4v) is 3.10. The van der Waals surface area contributed by atoms with Gasteiger partial charge in [0.15, 0.2) is 0 Å². The first-order valence-corrected chi connectivity index (χ1v) is 7.21. The maximum Gasteiger partial charge on any atom is -0.00997 e. The second kappa shape index (κ2) is 5.92. The molecule has 0 heterocycles. The average molecular weight is 262 g/mol. The molecule has 0 aliphatic heterocycles. The third kappa shape index (κ3) is 2.02. The Labute approximate surface area is 122 Å². The quantitative estimate of drug-likeness (QED) is 0.630. The van der Waals surface area contributed by atoms with E-state index >= 15 is 0 Å². The summed E-state index contributed by atoms with van der Waals surface area (Å²) in [5, 5.41) is 2.64. The molecule has 0 aliphatic rings. The van der Waals surface area contributed by atoms with Crippen molar-refractivity contribution in [3.05, 3.63) is 65.8 Å². The Bertz CT molecular complexity index is 687. The van der Waals surface area contributed by atoms with E-state index in [1.54, 1.807) is 0 Å². The van der Waals surface area contributed by atoms with Crippen molar-refractivity contribution >= 4 is 29.0 Å². The number of benzene rings is 2. The Kier molecular flexibility index (Phi) is 4.24. The molecule has 0 spiro atoms. The SMILES string of the molecule is C=Cc1c(C=C)c(CC)c2c(CC)cccc2c1C=C. The topological polar surface area (TPSA) is 0 Å². The van der Waals surface area contributed by atoms with Crippen LogP contribution in [0.4, 0.5) is 0 Å². The van der Waals surface area contributed by atoms with Crippen LogP contribution in [0.5, 0.6) is 0 Å². The molecular weight excluding hydrogens is 240 g/mol. The molecule has 0 saturated carbocycles. The molecule has 0 aromatic heterocycles. The Hall–Kier alpha value is -2.08. The van der Waals surface area contributed by atoms with Crippen molar-refractivity contribution in [2.45, 2.75) is 26.7 Å². The largest absolute Gasteiger partial charge is 0.0984 e. The zero-order valence-electron chi connectivity index (χ0n) is 12.5. The summed E-state index contributed by atoms with van der Waals surface area (Å²) in [5.74, 6) is 0. The third-order valence-electron chi connectivity index (χ3n) is 3.99. The fraction of sp³-hybridized carbons (Fsp3) is 0.200. The zero-order chi connectivity index (χ0) is 14.7. The second-order valence-corrected chi connectivity index (χ2v) is 4.88. The minimum absolute atomic E-state index is 0.993. The van der Waals surface area contributed by atoms with Gasteiger partial charge in [-0.3, -0.25) is 0 Å². The lowest BCUT2D eigenvalue weighted by Gasteiger charge is -2.19. The van der Waals surface area contributed by atoms with Crippen molar-refractivity contribution < 1.29 is 0 Å². The molecule has 0 nitrogen and oxygen atoms in total. The average Bonchev–Trinajstić information content (AvgIpc) is 2.51. The molecule has 102 valence electrons. The van der Waals surface area contributed by atoms with Crippen LogP contribution in [0, 0.1) is 0 Å². The molecule has 0 unspecified atom stereocenters. The number of aryl methyl sites for hydroxylation is 2. The van der Waals surface area contributed by atoms with Crippen molar-refractivity contribution in [3.8, 4) is 0 Å². The first-order chi connectivity index (χ1) is 9.73. The molecule has 0 fully saturated rings. The summed E-state index contributed by atoms with van der Waals surface area (Å²) in [6.07, 6.45) is 7.84. The molecule has 0 saturated heterocycles. The van der Waals surface area contributed by atoms with Gasteiger partial charge in [-0.05, 0) is 51.4 Å². The molecule has 0 bridgehead atoms. The molecule has 20 heavy (non-hydrogen) atoms. The van der Waals surface area contributed by atoms with Gasteiger partial charge >= 0.3 is 0 Å². The monoisotopic (exact) mass is 262 g/mol. The summed E-state index contributed by atoms with van der Waals surface area (Å²) in [5.41, 5.74) is 6.27. The van der Waals surface area contributed by atoms with Crippen molar-refractivity contribution in [2.24, 2.45) is 0 Å². The van der Waals surface area contributed by atoms with E-state index in [1.807, 2.05) is 18.2 Å². The van der Waals surface area contributed by atoms with Crippen molar-refractivity contribution in [1.29, 1.82) is 0 Å². The van der Waals surface area contributed by atoms with Gasteiger partial charge in [0, 0.05) is 0 Å². The van der Waals surface area contributed by atoms with Crippen LogP contribution in [0.15, 0.2) is 37.9 Å². The molecule has 0 N–H and O–H groups in total. The minimum atomic E-state index is 0.993. The first kappa shape index (κ1) is 14.3. The maximum absolute atomic E-state index is 4.00. The molecule has 0 heteroatoms. The van der Waals surface area contributed by atoms with Gasteiger partial charge in [-0.25, -0.2) is 0 Å². The highest BCUT2D eigenvalue weighted by Crippen LogP contribution is 2.35. The van der Waals surface area contributed by atoms with E-state index in [9.17, 15) is 0 Å². The lowest BCUT2D eigenvalue weighted by atomic mass is 9.85. The molecule has 2 aromatic carbocycles. The molecule has 2 aromatic rings. The molecule has 2 rings (SSSR count). The van der Waals surface area contributed by atoms with E-state index in [0.717, 1.165) is 24.0 Å². The maximum atomic E-state index is 4.00. The van der Waals surface area contributed by atoms with Gasteiger partial charge in [-0.15, -0.1) is 0 Å². The van der Waals surface area contributed by atoms with Gasteiger partial charge in [0.25, 0.3) is 0 Å². The second-order valence-electron chi connectivity index (χ2n) is 4.88. The van der Waals surface area contributed by atoms with Crippen molar-refractivity contribution in [1.82, 2.24) is 0 Å². The van der Waals surface area contributed by atoms with Crippen LogP contribution in [-0.2, 0) is 12.8 Å². The molecule has 0 atom stereocenters. The summed E-state index contributed by atoms with van der Waals surface area (Å²) in [6.45, 7) is 16.4. The van der Waals surface area contributed by atoms with Crippen LogP contribution in [0.1, 0.15) is 41.7 Å². The highest BCUT2D eigenvalue weighted by Gasteiger charge is 2.15. The zero-order valence-corrected chi connectivity index (χ0v) is 12.5. The third-order valence-corrected chi connectivity index (χ3v) is 3.99. The lowest BCUT2D eigenvalue weighted by molar-refractivity contribution is 1.12. The van der Waals surface area contributed by atoms with Crippen LogP contribution in [0.25, 0.3) is 29.0 Å². The predicted octanol–water partition coefficient (Wildman–Crippen LogP) is 5.89. The first-order valence-electron chi connectivity index (χ1n) is 7.21. The lowest BCUT2D eigenvalue weighted by Crippen LogP contribution is -1.99. The van der Waals surface area contributed by atoms with E-state index in [0.29, 0.717) is 0 Å². The van der Waals surface area contributed by atoms with Crippen LogP contribution in [0.2, 0.25) is 0 Å². The summed E-state index contributed by atoms with van der Waals surface area (Å²) in [6, 6.07) is 6.54. The Morgan fingerprint density at radius 2 is 1.50 bits per heavy atom. The highest BCUT2D eigenvalue weighted by atomic mass is 14.2. The minimum Gasteiger partial charge on any atom is -0.0984 e. The van der Waals surface area contributed by atoms with Gasteiger partial charge in [0.2, 0.25) is 0 Å². The Balaban J connectivity index is 3.14. The normalized spacial score (nSPS) is 10.5. The van der Waals surface area contributed by atoms with Gasteiger partial charge < -0.3 is 0 Å². The fourth-order valence-electron chi connectivity index (χ4n) is 3.10. The van der Waals surface area contributed by atoms with Crippen molar-refractivity contribution in [2.75, 3.05) is 0 Å². The highest BCUT2D eigenvalue weighted by molar-refractivity contribution is 6.01. The van der Waals surface area contributed by atoms with E-state index in [2.05, 4.69) is 51.8 Å². The summed E-state index contributed by atoms with van der Waals surface area (Å²) in [4.78, 5) is 0. The van der Waals surface area contributed by atoms with Crippen molar-refractivity contribution in [3.63, 3.8) is 0 Å². The van der Waals surface area contributed by atoms with Gasteiger partial charge in [-0.2, -0.15) is 0 Å². The van der Waals surface area contributed by atoms with Gasteiger partial charge in [-0.1, -0.05) is 70.0 Å². The predicted molar refractivity (Wildman–Crippen MR) is 93.0 cm³/mol. The van der Waals surface area contributed by atoms with Crippen LogP contribution in [0.3, 0.4) is 0 Å². The van der Waals surface area contributed by atoms with Crippen LogP contribution >= 0.6 is 0 Å². The molecule has 0 amide bonds. The Morgan fingerprint density at radius 1 is 0.850 bits per heavy atom. The number of rotatable bonds is 5. The molecule has 0 aliphatic carbocycles. The smallest absolute Gasteiger partial charge is 0.00997 e. The van der Waals surface area contributed by atoms with Gasteiger partial charge in [0.1, 0.15) is 0 Å². The number of hydrogen-bond donors (Lipinski definition) is 0. The Morgan fingerprint density at radius 3 is 2.00 bits per heavy atom. The summed E-state index contributed by atoms with van der Waals surface area (Å²) in [7, 11) is 0. The van der Waals surface area contributed by atoms with Crippen LogP contribution in [-0.4, -0.2) is 0 Å². The molecule has 0 radical (unpaired) electrons.